The maximum absolute atomic E-state index is 12.4. The molecule has 0 spiro atoms. The number of hydrogen-bond donors (Lipinski definition) is 2. The molecule has 35 heavy (non-hydrogen) atoms. The summed E-state index contributed by atoms with van der Waals surface area (Å²) in [6, 6.07) is -1.05. The first-order valence-electron chi connectivity index (χ1n) is 13.7. The molecule has 7 nitrogen and oxygen atoms in total. The highest BCUT2D eigenvalue weighted by Gasteiger charge is 2.60. The molecule has 0 radical (unpaired) electrons. The minimum Gasteiger partial charge on any atom is -0.748 e. The summed E-state index contributed by atoms with van der Waals surface area (Å²) < 4.78 is 32.9. The summed E-state index contributed by atoms with van der Waals surface area (Å²) in [6.07, 6.45) is 11.0. The smallest absolute Gasteiger partial charge is 0.220 e. The molecule has 4 saturated carbocycles. The molecule has 4 fully saturated rings. The summed E-state index contributed by atoms with van der Waals surface area (Å²) in [5.74, 6) is 3.10. The lowest BCUT2D eigenvalue weighted by Gasteiger charge is -2.60. The number of ketones is 1. The summed E-state index contributed by atoms with van der Waals surface area (Å²) in [5, 5.41) is 11.8. The zero-order chi connectivity index (χ0) is 25.6. The van der Waals surface area contributed by atoms with E-state index in [9.17, 15) is 27.7 Å². The van der Waals surface area contributed by atoms with Crippen molar-refractivity contribution in [3.63, 3.8) is 0 Å². The van der Waals surface area contributed by atoms with E-state index in [-0.39, 0.29) is 17.7 Å². The van der Waals surface area contributed by atoms with E-state index < -0.39 is 28.5 Å². The Morgan fingerprint density at radius 1 is 1.11 bits per heavy atom. The molecule has 200 valence electrons. The third kappa shape index (κ3) is 5.35. The van der Waals surface area contributed by atoms with Crippen LogP contribution >= 0.6 is 0 Å². The molecule has 0 heterocycles. The third-order valence-electron chi connectivity index (χ3n) is 11.1. The fraction of sp³-hybridized carbons (Fsp3) is 0.926. The van der Waals surface area contributed by atoms with Crippen molar-refractivity contribution >= 4 is 21.8 Å². The minimum atomic E-state index is -4.51. The zero-order valence-electron chi connectivity index (χ0n) is 21.6. The van der Waals surface area contributed by atoms with Crippen LogP contribution in [0.5, 0.6) is 0 Å². The number of rotatable bonds is 8. The van der Waals surface area contributed by atoms with Crippen LogP contribution in [0, 0.1) is 46.3 Å². The summed E-state index contributed by atoms with van der Waals surface area (Å²) in [4.78, 5) is 24.6. The van der Waals surface area contributed by atoms with Gasteiger partial charge < -0.3 is 15.0 Å². The fourth-order valence-corrected chi connectivity index (χ4v) is 9.95. The molecule has 8 heteroatoms. The van der Waals surface area contributed by atoms with Crippen molar-refractivity contribution in [1.29, 1.82) is 0 Å². The second-order valence-corrected chi connectivity index (χ2v) is 14.3. The van der Waals surface area contributed by atoms with Crippen molar-refractivity contribution in [2.75, 3.05) is 12.4 Å². The quantitative estimate of drug-likeness (QED) is 0.481. The third-order valence-corrected chi connectivity index (χ3v) is 11.9. The molecular formula is C27H44NO6S-. The average molecular weight is 511 g/mol. The van der Waals surface area contributed by atoms with Crippen molar-refractivity contribution in [2.45, 2.75) is 97.4 Å². The van der Waals surface area contributed by atoms with Crippen molar-refractivity contribution < 1.29 is 27.7 Å². The van der Waals surface area contributed by atoms with Crippen molar-refractivity contribution in [2.24, 2.45) is 46.3 Å². The average Bonchev–Trinajstić information content (AvgIpc) is 3.14. The van der Waals surface area contributed by atoms with Crippen LogP contribution in [-0.2, 0) is 19.7 Å². The molecule has 4 aliphatic rings. The molecule has 4 aliphatic carbocycles. The molecule has 0 aromatic rings. The maximum atomic E-state index is 12.4. The topological polar surface area (TPSA) is 124 Å². The highest BCUT2D eigenvalue weighted by Crippen LogP contribution is 2.68. The molecular weight excluding hydrogens is 466 g/mol. The first-order valence-corrected chi connectivity index (χ1v) is 15.3. The number of hydrogen-bond acceptors (Lipinski definition) is 6. The predicted molar refractivity (Wildman–Crippen MR) is 132 cm³/mol. The first-order chi connectivity index (χ1) is 16.4. The van der Waals surface area contributed by atoms with Gasteiger partial charge in [0.05, 0.1) is 28.5 Å². The van der Waals surface area contributed by atoms with Gasteiger partial charge in [0.2, 0.25) is 5.91 Å². The van der Waals surface area contributed by atoms with Crippen LogP contribution in [0.1, 0.15) is 91.4 Å². The highest BCUT2D eigenvalue weighted by atomic mass is 32.2. The lowest BCUT2D eigenvalue weighted by Crippen LogP contribution is -2.53. The zero-order valence-corrected chi connectivity index (χ0v) is 22.4. The van der Waals surface area contributed by atoms with Gasteiger partial charge >= 0.3 is 0 Å². The number of fused-ring (bicyclic) bond motifs is 5. The normalized spacial score (nSPS) is 40.8. The molecule has 4 rings (SSSR count). The second-order valence-electron chi connectivity index (χ2n) is 12.8. The number of carbonyl (C=O) groups excluding carboxylic acids is 2. The van der Waals surface area contributed by atoms with Gasteiger partial charge in [-0.25, -0.2) is 8.42 Å². The first kappa shape index (κ1) is 27.1. The van der Waals surface area contributed by atoms with Gasteiger partial charge in [-0.15, -0.1) is 0 Å². The monoisotopic (exact) mass is 510 g/mol. The van der Waals surface area contributed by atoms with E-state index in [0.717, 1.165) is 43.4 Å². The molecule has 0 aliphatic heterocycles. The molecule has 9 atom stereocenters. The Labute approximate surface area is 211 Å². The minimum absolute atomic E-state index is 0.271. The van der Waals surface area contributed by atoms with Crippen LogP contribution in [-0.4, -0.2) is 48.2 Å². The number of aliphatic hydroxyl groups excluding tert-OH is 1. The highest BCUT2D eigenvalue weighted by molar-refractivity contribution is 7.85. The number of amides is 1. The largest absolute Gasteiger partial charge is 0.748 e. The number of carbonyl (C=O) groups is 2. The predicted octanol–water partition coefficient (Wildman–Crippen LogP) is 3.65. The Kier molecular flexibility index (Phi) is 7.77. The second kappa shape index (κ2) is 10.1. The van der Waals surface area contributed by atoms with E-state index >= 15 is 0 Å². The van der Waals surface area contributed by atoms with E-state index in [1.165, 1.54) is 38.5 Å². The van der Waals surface area contributed by atoms with Crippen molar-refractivity contribution in [3.05, 3.63) is 0 Å². The molecule has 0 saturated heterocycles. The van der Waals surface area contributed by atoms with E-state index in [1.807, 2.05) is 0 Å². The molecule has 1 amide bonds. The number of Topliss-reactive ketones (excluding diaryl/α,β-unsaturated/α-hetero) is 1. The summed E-state index contributed by atoms with van der Waals surface area (Å²) in [7, 11) is -4.51. The fourth-order valence-electron chi connectivity index (χ4n) is 9.27. The van der Waals surface area contributed by atoms with E-state index in [0.29, 0.717) is 29.0 Å². The molecule has 0 aromatic carbocycles. The van der Waals surface area contributed by atoms with Crippen LogP contribution in [0.4, 0.5) is 0 Å². The molecule has 2 N–H and O–H groups in total. The van der Waals surface area contributed by atoms with Crippen LogP contribution in [0.3, 0.4) is 0 Å². The van der Waals surface area contributed by atoms with E-state index in [4.69, 9.17) is 0 Å². The molecule has 0 bridgehead atoms. The Bertz CT molecular complexity index is 921. The Morgan fingerprint density at radius 2 is 1.83 bits per heavy atom. The maximum Gasteiger partial charge on any atom is 0.220 e. The number of aliphatic hydroxyl groups is 1. The summed E-state index contributed by atoms with van der Waals surface area (Å²) >= 11 is 0. The summed E-state index contributed by atoms with van der Waals surface area (Å²) in [5.41, 5.74) is 0.607. The van der Waals surface area contributed by atoms with Crippen molar-refractivity contribution in [1.82, 2.24) is 5.32 Å². The van der Waals surface area contributed by atoms with Crippen LogP contribution in [0.25, 0.3) is 0 Å². The SMILES string of the molecule is C[C@H](CCC(=O)N[C@H](CO)CS(=O)(=O)[O-])[C@H]1CC[C@H]2[C@@H]3CC[C@@H]4CC(=O)CC[C@]4(C)[C@H]3CC[C@]12C. The van der Waals surface area contributed by atoms with Gasteiger partial charge in [-0.2, -0.15) is 0 Å². The lowest BCUT2D eigenvalue weighted by molar-refractivity contribution is -0.140. The van der Waals surface area contributed by atoms with Gasteiger partial charge in [0.25, 0.3) is 0 Å². The van der Waals surface area contributed by atoms with E-state index in [1.54, 1.807) is 0 Å². The van der Waals surface area contributed by atoms with Gasteiger partial charge in [0.15, 0.2) is 0 Å². The van der Waals surface area contributed by atoms with Crippen LogP contribution in [0.15, 0.2) is 0 Å². The van der Waals surface area contributed by atoms with Gasteiger partial charge in [-0.3, -0.25) is 9.59 Å². The summed E-state index contributed by atoms with van der Waals surface area (Å²) in [6.45, 7) is 6.65. The lowest BCUT2D eigenvalue weighted by atomic mass is 9.44. The van der Waals surface area contributed by atoms with Crippen LogP contribution in [0.2, 0.25) is 0 Å². The van der Waals surface area contributed by atoms with Crippen molar-refractivity contribution in [3.8, 4) is 0 Å². The van der Waals surface area contributed by atoms with Gasteiger partial charge in [0.1, 0.15) is 5.78 Å². The van der Waals surface area contributed by atoms with Gasteiger partial charge in [-0.05, 0) is 97.7 Å². The Hall–Kier alpha value is -0.990. The molecule has 0 aromatic heterocycles. The molecule has 0 unspecified atom stereocenters. The van der Waals surface area contributed by atoms with Crippen LogP contribution < -0.4 is 5.32 Å². The van der Waals surface area contributed by atoms with E-state index in [2.05, 4.69) is 26.1 Å². The standard InChI is InChI=1S/C27H45NO6S/c1-17(4-9-25(31)28-19(15-29)16-35(32,33)34)22-7-8-23-21-6-5-18-14-20(30)10-12-26(18,2)24(21)11-13-27(22,23)3/h17-19,21-24,29H,4-16H2,1-3H3,(H,28,31)(H,32,33,34)/p-1/t17-,18-,19-,21+,22-,23+,24+,26+,27-/m1/s1. The van der Waals surface area contributed by atoms with Gasteiger partial charge in [0, 0.05) is 19.3 Å². The Morgan fingerprint density at radius 3 is 2.51 bits per heavy atom. The van der Waals surface area contributed by atoms with Gasteiger partial charge in [-0.1, -0.05) is 20.8 Å². The number of nitrogens with one attached hydrogen (secondary N) is 1. The Balaban J connectivity index is 1.36.